The van der Waals surface area contributed by atoms with E-state index in [1.165, 1.54) is 0 Å². The monoisotopic (exact) mass is 322 g/mol. The summed E-state index contributed by atoms with van der Waals surface area (Å²) in [4.78, 5) is 12.2. The fraction of sp³-hybridized carbons (Fsp3) is 0.462. The molecule has 0 saturated carbocycles. The minimum atomic E-state index is -0.161. The van der Waals surface area contributed by atoms with E-state index in [2.05, 4.69) is 17.6 Å². The molecular formula is C13H17Cl3N2O. The van der Waals surface area contributed by atoms with Crippen LogP contribution < -0.4 is 10.6 Å². The lowest BCUT2D eigenvalue weighted by Gasteiger charge is -2.35. The second kappa shape index (κ2) is 6.80. The Morgan fingerprint density at radius 1 is 1.32 bits per heavy atom. The quantitative estimate of drug-likeness (QED) is 0.877. The molecule has 19 heavy (non-hydrogen) atoms. The third-order valence-electron chi connectivity index (χ3n) is 3.30. The van der Waals surface area contributed by atoms with Gasteiger partial charge in [-0.15, -0.1) is 12.4 Å². The van der Waals surface area contributed by atoms with Crippen LogP contribution in [0.15, 0.2) is 18.2 Å². The van der Waals surface area contributed by atoms with E-state index in [0.717, 1.165) is 25.9 Å². The molecule has 3 nitrogen and oxygen atoms in total. The van der Waals surface area contributed by atoms with Crippen molar-refractivity contribution in [2.75, 3.05) is 13.1 Å². The fourth-order valence-electron chi connectivity index (χ4n) is 2.12. The van der Waals surface area contributed by atoms with Crippen LogP contribution in [0.5, 0.6) is 0 Å². The molecule has 0 spiro atoms. The van der Waals surface area contributed by atoms with Crippen molar-refractivity contribution in [1.82, 2.24) is 10.6 Å². The lowest BCUT2D eigenvalue weighted by Crippen LogP contribution is -2.52. The van der Waals surface area contributed by atoms with Crippen molar-refractivity contribution in [3.8, 4) is 0 Å². The molecule has 1 amide bonds. The van der Waals surface area contributed by atoms with E-state index in [4.69, 9.17) is 23.2 Å². The van der Waals surface area contributed by atoms with E-state index >= 15 is 0 Å². The third kappa shape index (κ3) is 4.25. The Kier molecular flexibility index (Phi) is 5.93. The molecule has 1 heterocycles. The van der Waals surface area contributed by atoms with E-state index in [1.807, 2.05) is 0 Å². The fourth-order valence-corrected chi connectivity index (χ4v) is 2.61. The molecule has 2 rings (SSSR count). The number of nitrogens with one attached hydrogen (secondary N) is 2. The molecule has 0 unspecified atom stereocenters. The number of hydrogen-bond acceptors (Lipinski definition) is 2. The number of hydrogen-bond donors (Lipinski definition) is 2. The van der Waals surface area contributed by atoms with Gasteiger partial charge in [0.2, 0.25) is 0 Å². The average molecular weight is 324 g/mol. The number of benzene rings is 1. The summed E-state index contributed by atoms with van der Waals surface area (Å²) in [6.45, 7) is 3.91. The number of piperidine rings is 1. The highest BCUT2D eigenvalue weighted by Crippen LogP contribution is 2.23. The van der Waals surface area contributed by atoms with Crippen molar-refractivity contribution in [1.29, 1.82) is 0 Å². The van der Waals surface area contributed by atoms with Crippen molar-refractivity contribution in [3.63, 3.8) is 0 Å². The van der Waals surface area contributed by atoms with Gasteiger partial charge in [0.1, 0.15) is 0 Å². The molecule has 1 aromatic rings. The molecule has 2 N–H and O–H groups in total. The van der Waals surface area contributed by atoms with Gasteiger partial charge in [0.15, 0.2) is 0 Å². The van der Waals surface area contributed by atoms with Gasteiger partial charge in [0.05, 0.1) is 10.6 Å². The summed E-state index contributed by atoms with van der Waals surface area (Å²) in [5, 5.41) is 7.26. The summed E-state index contributed by atoms with van der Waals surface area (Å²) in [5.41, 5.74) is 0.312. The Morgan fingerprint density at radius 3 is 2.53 bits per heavy atom. The van der Waals surface area contributed by atoms with Crippen molar-refractivity contribution < 1.29 is 4.79 Å². The number of carbonyl (C=O) groups is 1. The van der Waals surface area contributed by atoms with Gasteiger partial charge < -0.3 is 10.6 Å². The molecule has 0 radical (unpaired) electrons. The maximum Gasteiger partial charge on any atom is 0.253 e. The smallest absolute Gasteiger partial charge is 0.253 e. The summed E-state index contributed by atoms with van der Waals surface area (Å²) < 4.78 is 0. The lowest BCUT2D eigenvalue weighted by atomic mass is 9.90. The topological polar surface area (TPSA) is 41.1 Å². The van der Waals surface area contributed by atoms with Crippen molar-refractivity contribution in [3.05, 3.63) is 33.8 Å². The van der Waals surface area contributed by atoms with Gasteiger partial charge >= 0.3 is 0 Å². The first-order valence-corrected chi connectivity index (χ1v) is 6.74. The minimum Gasteiger partial charge on any atom is -0.347 e. The Balaban J connectivity index is 0.00000180. The van der Waals surface area contributed by atoms with Crippen molar-refractivity contribution in [2.45, 2.75) is 25.3 Å². The number of carbonyl (C=O) groups excluding carboxylic acids is 1. The molecule has 1 aliphatic rings. The molecule has 1 aromatic carbocycles. The van der Waals surface area contributed by atoms with E-state index in [1.54, 1.807) is 18.2 Å². The lowest BCUT2D eigenvalue weighted by molar-refractivity contribution is 0.0887. The van der Waals surface area contributed by atoms with Gasteiger partial charge in [0.25, 0.3) is 5.91 Å². The van der Waals surface area contributed by atoms with Crippen LogP contribution in [0.4, 0.5) is 0 Å². The summed E-state index contributed by atoms with van der Waals surface area (Å²) in [7, 11) is 0. The van der Waals surface area contributed by atoms with Gasteiger partial charge in [-0.3, -0.25) is 4.79 Å². The summed E-state index contributed by atoms with van der Waals surface area (Å²) in [6.07, 6.45) is 1.84. The normalized spacial score (nSPS) is 17.4. The Labute approximate surface area is 129 Å². The Bertz CT molecular complexity index is 459. The number of halogens is 3. The zero-order valence-corrected chi connectivity index (χ0v) is 13.0. The molecule has 1 fully saturated rings. The van der Waals surface area contributed by atoms with Gasteiger partial charge in [-0.2, -0.15) is 0 Å². The number of amides is 1. The van der Waals surface area contributed by atoms with E-state index in [9.17, 15) is 4.79 Å². The zero-order valence-electron chi connectivity index (χ0n) is 10.6. The van der Waals surface area contributed by atoms with Crippen molar-refractivity contribution >= 4 is 41.5 Å². The van der Waals surface area contributed by atoms with Crippen LogP contribution in [0.3, 0.4) is 0 Å². The highest BCUT2D eigenvalue weighted by Gasteiger charge is 2.29. The maximum absolute atomic E-state index is 12.2. The molecule has 6 heteroatoms. The van der Waals surface area contributed by atoms with Crippen molar-refractivity contribution in [2.24, 2.45) is 0 Å². The second-order valence-corrected chi connectivity index (χ2v) is 5.73. The Hall–Kier alpha value is -0.480. The molecular weight excluding hydrogens is 307 g/mol. The van der Waals surface area contributed by atoms with Crippen LogP contribution in [0.2, 0.25) is 10.0 Å². The van der Waals surface area contributed by atoms with Crippen LogP contribution in [0.1, 0.15) is 30.1 Å². The number of rotatable bonds is 2. The molecule has 106 valence electrons. The summed E-state index contributed by atoms with van der Waals surface area (Å²) >= 11 is 11.8. The largest absolute Gasteiger partial charge is 0.347 e. The molecule has 0 aromatic heterocycles. The first-order valence-electron chi connectivity index (χ1n) is 5.98. The minimum absolute atomic E-state index is 0. The molecule has 0 aliphatic carbocycles. The maximum atomic E-state index is 12.2. The Morgan fingerprint density at radius 2 is 1.95 bits per heavy atom. The highest BCUT2D eigenvalue weighted by atomic mass is 35.5. The zero-order chi connectivity index (χ0) is 13.2. The first-order chi connectivity index (χ1) is 8.50. The first kappa shape index (κ1) is 16.6. The molecule has 0 bridgehead atoms. The summed E-state index contributed by atoms with van der Waals surface area (Å²) in [6, 6.07) is 4.92. The van der Waals surface area contributed by atoms with Crippen LogP contribution >= 0.6 is 35.6 Å². The summed E-state index contributed by atoms with van der Waals surface area (Å²) in [5.74, 6) is -0.138. The van der Waals surface area contributed by atoms with Crippen LogP contribution in [-0.4, -0.2) is 24.5 Å². The van der Waals surface area contributed by atoms with E-state index in [-0.39, 0.29) is 23.9 Å². The van der Waals surface area contributed by atoms with Gasteiger partial charge in [-0.05, 0) is 51.1 Å². The van der Waals surface area contributed by atoms with Gasteiger partial charge in [-0.25, -0.2) is 0 Å². The highest BCUT2D eigenvalue weighted by molar-refractivity contribution is 6.36. The van der Waals surface area contributed by atoms with Gasteiger partial charge in [-0.1, -0.05) is 23.2 Å². The standard InChI is InChI=1S/C13H16Cl2N2O.ClH/c1-13(4-6-16-7-5-13)17-12(18)10-3-2-9(14)8-11(10)15;/h2-3,8,16H,4-7H2,1H3,(H,17,18);1H. The van der Waals surface area contributed by atoms with Gasteiger partial charge in [0, 0.05) is 10.6 Å². The second-order valence-electron chi connectivity index (χ2n) is 4.89. The predicted octanol–water partition coefficient (Wildman–Crippen LogP) is 3.29. The third-order valence-corrected chi connectivity index (χ3v) is 3.85. The average Bonchev–Trinajstić information content (AvgIpc) is 2.28. The van der Waals surface area contributed by atoms with E-state index in [0.29, 0.717) is 15.6 Å². The molecule has 0 atom stereocenters. The van der Waals surface area contributed by atoms with E-state index < -0.39 is 0 Å². The SMILES string of the molecule is CC1(NC(=O)c2ccc(Cl)cc2Cl)CCNCC1.Cl. The molecule has 1 aliphatic heterocycles. The van der Waals surface area contributed by atoms with Crippen LogP contribution in [0.25, 0.3) is 0 Å². The van der Waals surface area contributed by atoms with Crippen LogP contribution in [-0.2, 0) is 0 Å². The molecule has 1 saturated heterocycles. The van der Waals surface area contributed by atoms with Crippen LogP contribution in [0, 0.1) is 0 Å². The predicted molar refractivity (Wildman–Crippen MR) is 81.7 cm³/mol.